The van der Waals surface area contributed by atoms with Gasteiger partial charge in [0.1, 0.15) is 5.25 Å². The average molecular weight is 303 g/mol. The fourth-order valence-corrected chi connectivity index (χ4v) is 2.69. The third-order valence-electron chi connectivity index (χ3n) is 2.99. The van der Waals surface area contributed by atoms with Gasteiger partial charge >= 0.3 is 5.69 Å². The standard InChI is InChI=1S/C10H10FN3O5S/c11-8-3-6(1-2-9(8)14(16)17)13-5-7(4-10(13)15)20(12,18)19/h1-3,7H,4-5H2,(H2,12,18,19). The Morgan fingerprint density at radius 2 is 2.10 bits per heavy atom. The normalized spacial score (nSPS) is 19.4. The summed E-state index contributed by atoms with van der Waals surface area (Å²) in [5.41, 5.74) is -0.660. The number of anilines is 1. The number of benzene rings is 1. The number of nitro benzene ring substituents is 1. The van der Waals surface area contributed by atoms with Gasteiger partial charge in [-0.1, -0.05) is 0 Å². The zero-order valence-corrected chi connectivity index (χ0v) is 10.8. The van der Waals surface area contributed by atoms with E-state index in [1.54, 1.807) is 0 Å². The minimum atomic E-state index is -3.87. The number of primary sulfonamides is 1. The molecule has 2 N–H and O–H groups in total. The Morgan fingerprint density at radius 1 is 1.45 bits per heavy atom. The second-order valence-electron chi connectivity index (χ2n) is 4.31. The van der Waals surface area contributed by atoms with Crippen LogP contribution in [0, 0.1) is 15.9 Å². The van der Waals surface area contributed by atoms with Gasteiger partial charge in [0, 0.05) is 30.8 Å². The van der Waals surface area contributed by atoms with Crippen molar-refractivity contribution >= 4 is 27.3 Å². The molecule has 0 radical (unpaired) electrons. The maximum Gasteiger partial charge on any atom is 0.304 e. The number of amides is 1. The van der Waals surface area contributed by atoms with Crippen molar-refractivity contribution in [1.29, 1.82) is 0 Å². The molecular formula is C10H10FN3O5S. The summed E-state index contributed by atoms with van der Waals surface area (Å²) in [4.78, 5) is 22.4. The molecule has 1 aliphatic heterocycles. The predicted molar refractivity (Wildman–Crippen MR) is 66.9 cm³/mol. The van der Waals surface area contributed by atoms with Crippen LogP contribution in [-0.4, -0.2) is 31.0 Å². The third kappa shape index (κ3) is 2.60. The molecule has 1 saturated heterocycles. The van der Waals surface area contributed by atoms with Crippen LogP contribution in [0.25, 0.3) is 0 Å². The van der Waals surface area contributed by atoms with Crippen LogP contribution in [0.15, 0.2) is 18.2 Å². The molecule has 0 spiro atoms. The molecule has 0 saturated carbocycles. The van der Waals surface area contributed by atoms with Crippen LogP contribution in [0.4, 0.5) is 15.8 Å². The lowest BCUT2D eigenvalue weighted by Crippen LogP contribution is -2.32. The molecule has 0 bridgehead atoms. The topological polar surface area (TPSA) is 124 Å². The van der Waals surface area contributed by atoms with Crippen LogP contribution in [-0.2, 0) is 14.8 Å². The van der Waals surface area contributed by atoms with Crippen LogP contribution in [0.5, 0.6) is 0 Å². The van der Waals surface area contributed by atoms with Crippen LogP contribution in [0.3, 0.4) is 0 Å². The number of carbonyl (C=O) groups is 1. The first-order chi connectivity index (χ1) is 9.20. The first-order valence-electron chi connectivity index (χ1n) is 5.46. The summed E-state index contributed by atoms with van der Waals surface area (Å²) in [6, 6.07) is 2.92. The Kier molecular flexibility index (Phi) is 3.44. The molecule has 2 rings (SSSR count). The van der Waals surface area contributed by atoms with Crippen LogP contribution < -0.4 is 10.0 Å². The Bertz CT molecular complexity index is 690. The predicted octanol–water partition coefficient (Wildman–Crippen LogP) is 0.128. The number of halogens is 1. The first kappa shape index (κ1) is 14.3. The molecule has 8 nitrogen and oxygen atoms in total. The third-order valence-corrected chi connectivity index (χ3v) is 4.24. The van der Waals surface area contributed by atoms with E-state index in [4.69, 9.17) is 5.14 Å². The van der Waals surface area contributed by atoms with Crippen molar-refractivity contribution in [1.82, 2.24) is 0 Å². The Balaban J connectivity index is 2.31. The number of hydrogen-bond donors (Lipinski definition) is 1. The lowest BCUT2D eigenvalue weighted by Gasteiger charge is -2.16. The van der Waals surface area contributed by atoms with Gasteiger partial charge in [-0.25, -0.2) is 13.6 Å². The molecule has 10 heteroatoms. The molecule has 1 amide bonds. The highest BCUT2D eigenvalue weighted by atomic mass is 32.2. The van der Waals surface area contributed by atoms with Crippen LogP contribution in [0.2, 0.25) is 0 Å². The number of nitro groups is 1. The summed E-state index contributed by atoms with van der Waals surface area (Å²) in [7, 11) is -3.87. The highest BCUT2D eigenvalue weighted by Crippen LogP contribution is 2.28. The monoisotopic (exact) mass is 303 g/mol. The van der Waals surface area contributed by atoms with E-state index in [2.05, 4.69) is 0 Å². The molecule has 108 valence electrons. The molecule has 1 fully saturated rings. The lowest BCUT2D eigenvalue weighted by atomic mass is 10.2. The number of carbonyl (C=O) groups excluding carboxylic acids is 1. The van der Waals surface area contributed by atoms with E-state index in [0.717, 1.165) is 17.0 Å². The van der Waals surface area contributed by atoms with Gasteiger partial charge in [-0.3, -0.25) is 14.9 Å². The van der Waals surface area contributed by atoms with Gasteiger partial charge in [0.25, 0.3) is 0 Å². The molecule has 1 aliphatic rings. The zero-order chi connectivity index (χ0) is 15.1. The van der Waals surface area contributed by atoms with Crippen molar-refractivity contribution in [2.24, 2.45) is 5.14 Å². The average Bonchev–Trinajstić information content (AvgIpc) is 2.70. The molecule has 1 aromatic carbocycles. The van der Waals surface area contributed by atoms with Gasteiger partial charge in [0.05, 0.1) is 4.92 Å². The summed E-state index contributed by atoms with van der Waals surface area (Å²) < 4.78 is 35.9. The van der Waals surface area contributed by atoms with Gasteiger partial charge < -0.3 is 4.90 Å². The van der Waals surface area contributed by atoms with Crippen molar-refractivity contribution in [3.05, 3.63) is 34.1 Å². The number of nitrogens with zero attached hydrogens (tertiary/aromatic N) is 2. The van der Waals surface area contributed by atoms with Crippen LogP contribution >= 0.6 is 0 Å². The second-order valence-corrected chi connectivity index (χ2v) is 6.16. The van der Waals surface area contributed by atoms with E-state index in [-0.39, 0.29) is 18.7 Å². The first-order valence-corrected chi connectivity index (χ1v) is 7.07. The summed E-state index contributed by atoms with van der Waals surface area (Å²) in [6.07, 6.45) is -0.294. The largest absolute Gasteiger partial charge is 0.311 e. The number of rotatable bonds is 3. The van der Waals surface area contributed by atoms with E-state index < -0.39 is 37.6 Å². The summed E-state index contributed by atoms with van der Waals surface area (Å²) >= 11 is 0. The van der Waals surface area contributed by atoms with E-state index >= 15 is 0 Å². The molecular weight excluding hydrogens is 293 g/mol. The maximum atomic E-state index is 13.5. The van der Waals surface area contributed by atoms with E-state index in [1.165, 1.54) is 6.07 Å². The molecule has 1 unspecified atom stereocenters. The van der Waals surface area contributed by atoms with Gasteiger partial charge in [-0.15, -0.1) is 0 Å². The van der Waals surface area contributed by atoms with Crippen molar-refractivity contribution in [2.75, 3.05) is 11.4 Å². The highest BCUT2D eigenvalue weighted by Gasteiger charge is 2.37. The summed E-state index contributed by atoms with van der Waals surface area (Å²) in [6.45, 7) is -0.199. The summed E-state index contributed by atoms with van der Waals surface area (Å²) in [5.74, 6) is -1.63. The smallest absolute Gasteiger partial charge is 0.304 e. The quantitative estimate of drug-likeness (QED) is 0.627. The molecule has 0 aliphatic carbocycles. The fraction of sp³-hybridized carbons (Fsp3) is 0.300. The fourth-order valence-electron chi connectivity index (χ4n) is 1.96. The van der Waals surface area contributed by atoms with E-state index in [0.29, 0.717) is 0 Å². The molecule has 1 atom stereocenters. The van der Waals surface area contributed by atoms with Gasteiger partial charge in [0.15, 0.2) is 0 Å². The lowest BCUT2D eigenvalue weighted by molar-refractivity contribution is -0.387. The van der Waals surface area contributed by atoms with E-state index in [9.17, 15) is 27.7 Å². The molecule has 1 heterocycles. The molecule has 20 heavy (non-hydrogen) atoms. The number of sulfonamides is 1. The second kappa shape index (κ2) is 4.80. The highest BCUT2D eigenvalue weighted by molar-refractivity contribution is 7.89. The van der Waals surface area contributed by atoms with E-state index in [1.807, 2.05) is 0 Å². The van der Waals surface area contributed by atoms with Crippen molar-refractivity contribution < 1.29 is 22.5 Å². The van der Waals surface area contributed by atoms with Crippen molar-refractivity contribution in [2.45, 2.75) is 11.7 Å². The molecule has 0 aromatic heterocycles. The minimum Gasteiger partial charge on any atom is -0.311 e. The molecule has 1 aromatic rings. The maximum absolute atomic E-state index is 13.5. The van der Waals surface area contributed by atoms with Crippen LogP contribution in [0.1, 0.15) is 6.42 Å². The van der Waals surface area contributed by atoms with Crippen molar-refractivity contribution in [3.63, 3.8) is 0 Å². The van der Waals surface area contributed by atoms with Gasteiger partial charge in [-0.05, 0) is 6.07 Å². The van der Waals surface area contributed by atoms with Gasteiger partial charge in [0.2, 0.25) is 21.7 Å². The SMILES string of the molecule is NS(=O)(=O)C1CC(=O)N(c2ccc([N+](=O)[O-])c(F)c2)C1. The Hall–Kier alpha value is -2.07. The Labute approximate surface area is 113 Å². The summed E-state index contributed by atoms with van der Waals surface area (Å²) in [5, 5.41) is 14.4. The van der Waals surface area contributed by atoms with Gasteiger partial charge in [-0.2, -0.15) is 4.39 Å². The number of hydrogen-bond acceptors (Lipinski definition) is 5. The Morgan fingerprint density at radius 3 is 2.55 bits per heavy atom. The minimum absolute atomic E-state index is 0.0595. The van der Waals surface area contributed by atoms with Crippen molar-refractivity contribution in [3.8, 4) is 0 Å². The zero-order valence-electron chi connectivity index (χ0n) is 10.0. The number of nitrogens with two attached hydrogens (primary N) is 1.